The largest absolute Gasteiger partial charge is 0.376 e. The van der Waals surface area contributed by atoms with E-state index in [-0.39, 0.29) is 23.7 Å². The minimum atomic E-state index is -0.171. The van der Waals surface area contributed by atoms with Gasteiger partial charge < -0.3 is 19.9 Å². The molecule has 1 fully saturated rings. The maximum atomic E-state index is 12.6. The van der Waals surface area contributed by atoms with Gasteiger partial charge in [0.05, 0.1) is 32.8 Å². The zero-order valence-corrected chi connectivity index (χ0v) is 24.7. The molecule has 2 N–H and O–H groups in total. The number of aromatic nitrogens is 4. The van der Waals surface area contributed by atoms with Gasteiger partial charge in [0, 0.05) is 36.5 Å². The van der Waals surface area contributed by atoms with E-state index in [4.69, 9.17) is 27.9 Å². The van der Waals surface area contributed by atoms with Crippen molar-refractivity contribution in [2.45, 2.75) is 28.4 Å². The monoisotopic (exact) mass is 622 g/mol. The van der Waals surface area contributed by atoms with E-state index >= 15 is 0 Å². The Kier molecular flexibility index (Phi) is 9.31. The van der Waals surface area contributed by atoms with Crippen molar-refractivity contribution >= 4 is 85.8 Å². The van der Waals surface area contributed by atoms with Gasteiger partial charge in [0.1, 0.15) is 0 Å². The van der Waals surface area contributed by atoms with Crippen molar-refractivity contribution < 1.29 is 14.3 Å². The molecule has 2 aromatic carbocycles. The number of hydrogen-bond acceptors (Lipinski definition) is 9. The summed E-state index contributed by atoms with van der Waals surface area (Å²) in [7, 11) is 1.82. The maximum absolute atomic E-state index is 12.6. The number of hydrogen-bond donors (Lipinski definition) is 2. The first-order chi connectivity index (χ1) is 18.9. The van der Waals surface area contributed by atoms with Crippen LogP contribution < -0.4 is 10.6 Å². The minimum absolute atomic E-state index is 0.0356. The van der Waals surface area contributed by atoms with Crippen molar-refractivity contribution in [3.05, 3.63) is 46.4 Å². The summed E-state index contributed by atoms with van der Waals surface area (Å²) in [6.07, 6.45) is 2.16. The highest BCUT2D eigenvalue weighted by Gasteiger charge is 2.18. The molecule has 0 saturated carbocycles. The lowest BCUT2D eigenvalue weighted by atomic mass is 10.2. The summed E-state index contributed by atoms with van der Waals surface area (Å²) >= 11 is 16.5. The number of ether oxygens (including phenoxy) is 1. The number of fused-ring (bicyclic) bond motifs is 1. The Balaban J connectivity index is 1.13. The first-order valence-electron chi connectivity index (χ1n) is 12.0. The summed E-state index contributed by atoms with van der Waals surface area (Å²) in [5.41, 5.74) is 2.21. The number of benzene rings is 2. The highest BCUT2D eigenvalue weighted by atomic mass is 35.5. The van der Waals surface area contributed by atoms with E-state index in [9.17, 15) is 9.59 Å². The van der Waals surface area contributed by atoms with Gasteiger partial charge in [0.2, 0.25) is 11.8 Å². The molecule has 4 aromatic rings. The van der Waals surface area contributed by atoms with Crippen LogP contribution in [0.2, 0.25) is 10.0 Å². The van der Waals surface area contributed by atoms with Crippen molar-refractivity contribution in [2.75, 3.05) is 30.0 Å². The number of thioether (sulfide) groups is 2. The van der Waals surface area contributed by atoms with Gasteiger partial charge >= 0.3 is 0 Å². The Morgan fingerprint density at radius 3 is 2.77 bits per heavy atom. The van der Waals surface area contributed by atoms with Gasteiger partial charge in [0.25, 0.3) is 0 Å². The highest BCUT2D eigenvalue weighted by Crippen LogP contribution is 2.32. The number of thiazole rings is 1. The molecular formula is C25H24Cl2N6O3S3. The van der Waals surface area contributed by atoms with Crippen LogP contribution in [-0.2, 0) is 21.4 Å². The number of halogens is 2. The second-order valence-corrected chi connectivity index (χ2v) is 12.8. The highest BCUT2D eigenvalue weighted by molar-refractivity contribution is 8.01. The molecule has 0 spiro atoms. The van der Waals surface area contributed by atoms with Gasteiger partial charge in [-0.3, -0.25) is 9.59 Å². The van der Waals surface area contributed by atoms with Gasteiger partial charge in [-0.1, -0.05) is 46.7 Å². The summed E-state index contributed by atoms with van der Waals surface area (Å²) < 4.78 is 9.06. The molecule has 14 heteroatoms. The number of nitrogens with one attached hydrogen (secondary N) is 2. The number of rotatable bonds is 10. The Bertz CT molecular complexity index is 1510. The summed E-state index contributed by atoms with van der Waals surface area (Å²) in [6, 6.07) is 10.7. The van der Waals surface area contributed by atoms with Crippen LogP contribution in [0.3, 0.4) is 0 Å². The van der Waals surface area contributed by atoms with Crippen LogP contribution in [0.25, 0.3) is 21.6 Å². The molecule has 3 heterocycles. The topological polar surface area (TPSA) is 111 Å². The van der Waals surface area contributed by atoms with Crippen LogP contribution >= 0.6 is 58.1 Å². The smallest absolute Gasteiger partial charge is 0.234 e. The summed E-state index contributed by atoms with van der Waals surface area (Å²) in [5, 5.41) is 15.9. The zero-order chi connectivity index (χ0) is 27.4. The van der Waals surface area contributed by atoms with Crippen LogP contribution in [0.5, 0.6) is 0 Å². The van der Waals surface area contributed by atoms with E-state index in [0.717, 1.165) is 34.0 Å². The standard InChI is InChI=1S/C25H24Cl2N6O3S3/c1-33-23(17-6-4-14(26)9-18(17)27)31-32-24(33)37-13-22(35)29-15-5-7-19-20(10-15)39-25(30-19)38-12-21(34)28-11-16-3-2-8-36-16/h4-7,9-10,16H,2-3,8,11-13H2,1H3,(H,28,34)(H,29,35)/t16-/m0/s1. The maximum Gasteiger partial charge on any atom is 0.234 e. The van der Waals surface area contributed by atoms with Crippen LogP contribution in [0.1, 0.15) is 12.8 Å². The molecular weight excluding hydrogens is 599 g/mol. The van der Waals surface area contributed by atoms with E-state index in [1.54, 1.807) is 22.8 Å². The van der Waals surface area contributed by atoms with Crippen molar-refractivity contribution in [1.82, 2.24) is 25.1 Å². The SMILES string of the molecule is Cn1c(SCC(=O)Nc2ccc3nc(SCC(=O)NC[C@@H]4CCCO4)sc3c2)nnc1-c1ccc(Cl)cc1Cl. The summed E-state index contributed by atoms with van der Waals surface area (Å²) in [6.45, 7) is 1.32. The van der Waals surface area contributed by atoms with Crippen molar-refractivity contribution in [1.29, 1.82) is 0 Å². The lowest BCUT2D eigenvalue weighted by molar-refractivity contribution is -0.119. The molecule has 0 unspecified atom stereocenters. The fourth-order valence-electron chi connectivity index (χ4n) is 3.93. The van der Waals surface area contributed by atoms with Gasteiger partial charge in [-0.15, -0.1) is 21.5 Å². The average molecular weight is 624 g/mol. The summed E-state index contributed by atoms with van der Waals surface area (Å²) in [5.74, 6) is 0.830. The molecule has 1 saturated heterocycles. The number of nitrogens with zero attached hydrogens (tertiary/aromatic N) is 4. The van der Waals surface area contributed by atoms with E-state index in [1.165, 1.54) is 34.9 Å². The first-order valence-corrected chi connectivity index (χ1v) is 15.6. The Hall–Kier alpha value is -2.35. The van der Waals surface area contributed by atoms with Gasteiger partial charge in [-0.25, -0.2) is 4.98 Å². The predicted octanol–water partition coefficient (Wildman–Crippen LogP) is 5.52. The Morgan fingerprint density at radius 2 is 1.97 bits per heavy atom. The van der Waals surface area contributed by atoms with E-state index < -0.39 is 0 Å². The number of carbonyl (C=O) groups excluding carboxylic acids is 2. The van der Waals surface area contributed by atoms with Crippen LogP contribution in [0.4, 0.5) is 5.69 Å². The third-order valence-corrected chi connectivity index (χ3v) is 9.60. The van der Waals surface area contributed by atoms with Crippen molar-refractivity contribution in [3.63, 3.8) is 0 Å². The molecule has 0 radical (unpaired) electrons. The van der Waals surface area contributed by atoms with Crippen LogP contribution in [0, 0.1) is 0 Å². The molecule has 1 atom stereocenters. The fourth-order valence-corrected chi connectivity index (χ4v) is 7.07. The van der Waals surface area contributed by atoms with E-state index in [2.05, 4.69) is 25.8 Å². The molecule has 204 valence electrons. The molecule has 1 aliphatic rings. The van der Waals surface area contributed by atoms with Crippen molar-refractivity contribution in [3.8, 4) is 11.4 Å². The van der Waals surface area contributed by atoms with E-state index in [0.29, 0.717) is 44.6 Å². The fraction of sp³-hybridized carbons (Fsp3) is 0.320. The number of amides is 2. The molecule has 0 aliphatic carbocycles. The van der Waals surface area contributed by atoms with Crippen molar-refractivity contribution in [2.24, 2.45) is 7.05 Å². The second kappa shape index (κ2) is 12.9. The van der Waals surface area contributed by atoms with E-state index in [1.807, 2.05) is 25.2 Å². The molecule has 9 nitrogen and oxygen atoms in total. The molecule has 1 aliphatic heterocycles. The molecule has 39 heavy (non-hydrogen) atoms. The Morgan fingerprint density at radius 1 is 1.13 bits per heavy atom. The normalized spacial score (nSPS) is 15.1. The lowest BCUT2D eigenvalue weighted by Gasteiger charge is -2.09. The zero-order valence-electron chi connectivity index (χ0n) is 20.8. The molecule has 5 rings (SSSR count). The molecule has 2 amide bonds. The van der Waals surface area contributed by atoms with Gasteiger partial charge in [-0.2, -0.15) is 0 Å². The van der Waals surface area contributed by atoms with Crippen LogP contribution in [-0.4, -0.2) is 62.3 Å². The summed E-state index contributed by atoms with van der Waals surface area (Å²) in [4.78, 5) is 29.4. The van der Waals surface area contributed by atoms with Gasteiger partial charge in [-0.05, 0) is 49.2 Å². The first kappa shape index (κ1) is 28.2. The predicted molar refractivity (Wildman–Crippen MR) is 158 cm³/mol. The molecule has 2 aromatic heterocycles. The quantitative estimate of drug-likeness (QED) is 0.223. The lowest BCUT2D eigenvalue weighted by Crippen LogP contribution is -2.32. The number of anilines is 1. The van der Waals surface area contributed by atoms with Crippen LogP contribution in [0.15, 0.2) is 45.9 Å². The minimum Gasteiger partial charge on any atom is -0.376 e. The Labute approximate surface area is 247 Å². The average Bonchev–Trinajstić information content (AvgIpc) is 3.65. The molecule has 0 bridgehead atoms. The second-order valence-electron chi connectivity index (χ2n) is 8.72. The third-order valence-electron chi connectivity index (χ3n) is 5.87. The van der Waals surface area contributed by atoms with Gasteiger partial charge in [0.15, 0.2) is 15.3 Å². The number of carbonyl (C=O) groups is 2. The third kappa shape index (κ3) is 7.24.